The zero-order valence-corrected chi connectivity index (χ0v) is 9.30. The zero-order valence-electron chi connectivity index (χ0n) is 8.49. The number of nitrogens with one attached hydrogen (secondary N) is 1. The average Bonchev–Trinajstić information content (AvgIpc) is 2.56. The van der Waals surface area contributed by atoms with Crippen LogP contribution in [-0.2, 0) is 4.79 Å². The van der Waals surface area contributed by atoms with Crippen molar-refractivity contribution in [2.24, 2.45) is 0 Å². The number of thiazole rings is 1. The Labute approximate surface area is 88.0 Å². The van der Waals surface area contributed by atoms with Crippen molar-refractivity contribution in [3.8, 4) is 0 Å². The van der Waals surface area contributed by atoms with Crippen LogP contribution in [0.25, 0.3) is 0 Å². The molecule has 0 aliphatic rings. The van der Waals surface area contributed by atoms with Gasteiger partial charge in [-0.2, -0.15) is 0 Å². The van der Waals surface area contributed by atoms with Crippen molar-refractivity contribution in [2.75, 3.05) is 26.0 Å². The fourth-order valence-electron chi connectivity index (χ4n) is 1.02. The summed E-state index contributed by atoms with van der Waals surface area (Å²) in [5.41, 5.74) is 0. The summed E-state index contributed by atoms with van der Waals surface area (Å²) in [6.07, 6.45) is 3.11. The molecule has 1 aromatic heterocycles. The van der Waals surface area contributed by atoms with Crippen molar-refractivity contribution in [3.05, 3.63) is 11.6 Å². The molecular formula is C9H15N3OS. The summed E-state index contributed by atoms with van der Waals surface area (Å²) in [6.45, 7) is 0.936. The van der Waals surface area contributed by atoms with Crippen molar-refractivity contribution in [3.63, 3.8) is 0 Å². The van der Waals surface area contributed by atoms with E-state index in [0.29, 0.717) is 11.6 Å². The van der Waals surface area contributed by atoms with Crippen LogP contribution < -0.4 is 5.32 Å². The highest BCUT2D eigenvalue weighted by Gasteiger charge is 2.03. The summed E-state index contributed by atoms with van der Waals surface area (Å²) in [7, 11) is 4.00. The van der Waals surface area contributed by atoms with Gasteiger partial charge in [0.1, 0.15) is 0 Å². The molecule has 0 aromatic carbocycles. The fraction of sp³-hybridized carbons (Fsp3) is 0.556. The van der Waals surface area contributed by atoms with Crippen LogP contribution in [0.5, 0.6) is 0 Å². The second kappa shape index (κ2) is 5.72. The second-order valence-corrected chi connectivity index (χ2v) is 4.19. The maximum absolute atomic E-state index is 11.3. The van der Waals surface area contributed by atoms with Crippen molar-refractivity contribution in [1.82, 2.24) is 9.88 Å². The number of aromatic nitrogens is 1. The molecule has 1 heterocycles. The third kappa shape index (κ3) is 4.34. The lowest BCUT2D eigenvalue weighted by molar-refractivity contribution is -0.116. The van der Waals surface area contributed by atoms with Gasteiger partial charge in [-0.05, 0) is 27.1 Å². The number of rotatable bonds is 5. The van der Waals surface area contributed by atoms with E-state index in [0.717, 1.165) is 13.0 Å². The normalized spacial score (nSPS) is 10.5. The van der Waals surface area contributed by atoms with Crippen LogP contribution in [0.3, 0.4) is 0 Å². The standard InChI is InChI=1S/C9H15N3OS/c1-12(2)6-3-4-8(13)11-9-10-5-7-14-9/h5,7H,3-4,6H2,1-2H3,(H,10,11,13). The monoisotopic (exact) mass is 213 g/mol. The Kier molecular flexibility index (Phi) is 4.55. The predicted molar refractivity (Wildman–Crippen MR) is 58.5 cm³/mol. The summed E-state index contributed by atoms with van der Waals surface area (Å²) in [6, 6.07) is 0. The minimum absolute atomic E-state index is 0.0433. The molecule has 0 spiro atoms. The first-order chi connectivity index (χ1) is 6.68. The molecular weight excluding hydrogens is 198 g/mol. The lowest BCUT2D eigenvalue weighted by atomic mass is 10.3. The Morgan fingerprint density at radius 1 is 1.64 bits per heavy atom. The van der Waals surface area contributed by atoms with Crippen LogP contribution in [-0.4, -0.2) is 36.4 Å². The molecule has 0 saturated heterocycles. The van der Waals surface area contributed by atoms with E-state index >= 15 is 0 Å². The van der Waals surface area contributed by atoms with Crippen LogP contribution in [0.4, 0.5) is 5.13 Å². The minimum atomic E-state index is 0.0433. The molecule has 14 heavy (non-hydrogen) atoms. The smallest absolute Gasteiger partial charge is 0.226 e. The van der Waals surface area contributed by atoms with E-state index in [1.54, 1.807) is 6.20 Å². The first-order valence-corrected chi connectivity index (χ1v) is 5.40. The molecule has 4 nitrogen and oxygen atoms in total. The molecule has 78 valence electrons. The molecule has 5 heteroatoms. The Balaban J connectivity index is 2.17. The molecule has 1 aromatic rings. The van der Waals surface area contributed by atoms with E-state index in [1.165, 1.54) is 11.3 Å². The van der Waals surface area contributed by atoms with Crippen molar-refractivity contribution in [1.29, 1.82) is 0 Å². The highest BCUT2D eigenvalue weighted by molar-refractivity contribution is 7.13. The molecule has 1 N–H and O–H groups in total. The van der Waals surface area contributed by atoms with Crippen molar-refractivity contribution >= 4 is 22.4 Å². The third-order valence-corrected chi connectivity index (χ3v) is 2.38. The summed E-state index contributed by atoms with van der Waals surface area (Å²) < 4.78 is 0. The average molecular weight is 213 g/mol. The summed E-state index contributed by atoms with van der Waals surface area (Å²) >= 11 is 1.44. The molecule has 0 aliphatic carbocycles. The maximum atomic E-state index is 11.3. The van der Waals surface area contributed by atoms with Crippen LogP contribution >= 0.6 is 11.3 Å². The van der Waals surface area contributed by atoms with Crippen molar-refractivity contribution in [2.45, 2.75) is 12.8 Å². The lowest BCUT2D eigenvalue weighted by Crippen LogP contribution is -2.17. The Morgan fingerprint density at radius 2 is 2.43 bits per heavy atom. The highest BCUT2D eigenvalue weighted by atomic mass is 32.1. The zero-order chi connectivity index (χ0) is 10.4. The Morgan fingerprint density at radius 3 is 3.00 bits per heavy atom. The molecule has 0 unspecified atom stereocenters. The number of nitrogens with zero attached hydrogens (tertiary/aromatic N) is 2. The predicted octanol–water partition coefficient (Wildman–Crippen LogP) is 1.42. The van der Waals surface area contributed by atoms with Gasteiger partial charge in [-0.1, -0.05) is 0 Å². The van der Waals surface area contributed by atoms with Crippen LogP contribution in [0.1, 0.15) is 12.8 Å². The van der Waals surface area contributed by atoms with E-state index in [4.69, 9.17) is 0 Å². The third-order valence-electron chi connectivity index (χ3n) is 1.69. The van der Waals surface area contributed by atoms with Crippen LogP contribution in [0, 0.1) is 0 Å². The minimum Gasteiger partial charge on any atom is -0.309 e. The van der Waals surface area contributed by atoms with Gasteiger partial charge in [-0.15, -0.1) is 11.3 Å². The van der Waals surface area contributed by atoms with E-state index < -0.39 is 0 Å². The van der Waals surface area contributed by atoms with Gasteiger partial charge in [0.2, 0.25) is 5.91 Å². The largest absolute Gasteiger partial charge is 0.309 e. The molecule has 0 bridgehead atoms. The Hall–Kier alpha value is -0.940. The molecule has 0 radical (unpaired) electrons. The van der Waals surface area contributed by atoms with Crippen LogP contribution in [0.2, 0.25) is 0 Å². The van der Waals surface area contributed by atoms with Gasteiger partial charge in [-0.25, -0.2) is 4.98 Å². The topological polar surface area (TPSA) is 45.2 Å². The number of carbonyl (C=O) groups excluding carboxylic acids is 1. The SMILES string of the molecule is CN(C)CCCC(=O)Nc1nccs1. The number of hydrogen-bond donors (Lipinski definition) is 1. The molecule has 1 rings (SSSR count). The second-order valence-electron chi connectivity index (χ2n) is 3.29. The molecule has 0 aliphatic heterocycles. The van der Waals surface area contributed by atoms with Gasteiger partial charge < -0.3 is 10.2 Å². The maximum Gasteiger partial charge on any atom is 0.226 e. The lowest BCUT2D eigenvalue weighted by Gasteiger charge is -2.08. The Bertz CT molecular complexity index is 272. The van der Waals surface area contributed by atoms with Gasteiger partial charge in [0.05, 0.1) is 0 Å². The molecule has 0 fully saturated rings. The van der Waals surface area contributed by atoms with Crippen molar-refractivity contribution < 1.29 is 4.79 Å². The van der Waals surface area contributed by atoms with Gasteiger partial charge in [0.15, 0.2) is 5.13 Å². The van der Waals surface area contributed by atoms with Gasteiger partial charge in [0.25, 0.3) is 0 Å². The molecule has 0 saturated carbocycles. The van der Waals surface area contributed by atoms with Gasteiger partial charge in [0, 0.05) is 18.0 Å². The quantitative estimate of drug-likeness (QED) is 0.804. The molecule has 1 amide bonds. The highest BCUT2D eigenvalue weighted by Crippen LogP contribution is 2.10. The van der Waals surface area contributed by atoms with E-state index in [9.17, 15) is 4.79 Å². The summed E-state index contributed by atoms with van der Waals surface area (Å²) in [4.78, 5) is 17.4. The van der Waals surface area contributed by atoms with Gasteiger partial charge in [-0.3, -0.25) is 4.79 Å². The number of carbonyl (C=O) groups is 1. The summed E-state index contributed by atoms with van der Waals surface area (Å²) in [5.74, 6) is 0.0433. The molecule has 0 atom stereocenters. The first-order valence-electron chi connectivity index (χ1n) is 4.52. The fourth-order valence-corrected chi connectivity index (χ4v) is 1.57. The van der Waals surface area contributed by atoms with Gasteiger partial charge >= 0.3 is 0 Å². The summed E-state index contributed by atoms with van der Waals surface area (Å²) in [5, 5.41) is 5.27. The van der Waals surface area contributed by atoms with E-state index in [-0.39, 0.29) is 5.91 Å². The van der Waals surface area contributed by atoms with E-state index in [1.807, 2.05) is 19.5 Å². The first kappa shape index (κ1) is 11.1. The van der Waals surface area contributed by atoms with Crippen LogP contribution in [0.15, 0.2) is 11.6 Å². The number of amides is 1. The number of anilines is 1. The van der Waals surface area contributed by atoms with E-state index in [2.05, 4.69) is 15.2 Å². The number of hydrogen-bond acceptors (Lipinski definition) is 4.